The summed E-state index contributed by atoms with van der Waals surface area (Å²) in [5.74, 6) is -0.350. The van der Waals surface area contributed by atoms with Gasteiger partial charge in [0.15, 0.2) is 0 Å². The van der Waals surface area contributed by atoms with Crippen LogP contribution in [-0.2, 0) is 4.79 Å². The predicted molar refractivity (Wildman–Crippen MR) is 56.1 cm³/mol. The summed E-state index contributed by atoms with van der Waals surface area (Å²) in [5, 5.41) is 0. The minimum Gasteiger partial charge on any atom is -0.361 e. The van der Waals surface area contributed by atoms with E-state index in [0.717, 1.165) is 19.1 Å². The smallest absolute Gasteiger partial charge is 0.328 e. The van der Waals surface area contributed by atoms with E-state index >= 15 is 0 Å². The van der Waals surface area contributed by atoms with Gasteiger partial charge in [0.1, 0.15) is 0 Å². The van der Waals surface area contributed by atoms with Gasteiger partial charge in [-0.1, -0.05) is 26.2 Å². The van der Waals surface area contributed by atoms with E-state index < -0.39 is 0 Å². The molecular weight excluding hydrogens is 176 g/mol. The summed E-state index contributed by atoms with van der Waals surface area (Å²) in [6.45, 7) is 2.17. The van der Waals surface area contributed by atoms with Crippen LogP contribution in [0, 0.1) is 0 Å². The Labute approximate surface area is 84.8 Å². The Bertz CT molecular complexity index is 269. The summed E-state index contributed by atoms with van der Waals surface area (Å²) in [5.41, 5.74) is 10.8. The molecule has 0 aliphatic carbocycles. The minimum absolute atomic E-state index is 0.350. The molecule has 76 valence electrons. The van der Waals surface area contributed by atoms with Crippen LogP contribution in [0.5, 0.6) is 0 Å². The SMILES string of the molecule is CCCCCCC=C=CC(=O)C=[N+]=[N-]. The van der Waals surface area contributed by atoms with Gasteiger partial charge in [-0.15, -0.1) is 5.73 Å². The highest BCUT2D eigenvalue weighted by Crippen LogP contribution is 2.01. The highest BCUT2D eigenvalue weighted by Gasteiger charge is 1.91. The molecule has 0 amide bonds. The summed E-state index contributed by atoms with van der Waals surface area (Å²) >= 11 is 0. The van der Waals surface area contributed by atoms with E-state index in [1.165, 1.54) is 25.3 Å². The van der Waals surface area contributed by atoms with Gasteiger partial charge in [0.25, 0.3) is 5.78 Å². The van der Waals surface area contributed by atoms with Crippen molar-refractivity contribution >= 4 is 12.0 Å². The van der Waals surface area contributed by atoms with Gasteiger partial charge in [0.2, 0.25) is 0 Å². The maximum absolute atomic E-state index is 10.7. The van der Waals surface area contributed by atoms with Crippen molar-refractivity contribution in [3.8, 4) is 0 Å². The Morgan fingerprint density at radius 1 is 1.43 bits per heavy atom. The lowest BCUT2D eigenvalue weighted by atomic mass is 10.1. The molecule has 0 N–H and O–H groups in total. The molecule has 0 saturated carbocycles. The van der Waals surface area contributed by atoms with Crippen molar-refractivity contribution < 1.29 is 9.58 Å². The van der Waals surface area contributed by atoms with Crippen LogP contribution in [0.3, 0.4) is 0 Å². The second kappa shape index (κ2) is 9.66. The Balaban J connectivity index is 3.61. The number of rotatable bonds is 7. The Hall–Kier alpha value is -1.43. The number of carbonyl (C=O) groups is 1. The fourth-order valence-electron chi connectivity index (χ4n) is 0.992. The van der Waals surface area contributed by atoms with Crippen LogP contribution < -0.4 is 0 Å². The molecule has 0 heterocycles. The van der Waals surface area contributed by atoms with Crippen molar-refractivity contribution in [2.75, 3.05) is 0 Å². The second-order valence-electron chi connectivity index (χ2n) is 3.01. The molecule has 0 aliphatic heterocycles. The average molecular weight is 192 g/mol. The van der Waals surface area contributed by atoms with Gasteiger partial charge in [0, 0.05) is 6.08 Å². The number of nitrogens with zero attached hydrogens (tertiary/aromatic N) is 2. The number of unbranched alkanes of at least 4 members (excludes halogenated alkanes) is 4. The molecule has 14 heavy (non-hydrogen) atoms. The molecule has 0 spiro atoms. The van der Waals surface area contributed by atoms with Crippen molar-refractivity contribution in [2.24, 2.45) is 0 Å². The maximum atomic E-state index is 10.7. The lowest BCUT2D eigenvalue weighted by Gasteiger charge is -1.91. The fourth-order valence-corrected chi connectivity index (χ4v) is 0.992. The molecular formula is C11H16N2O. The van der Waals surface area contributed by atoms with Crippen LogP contribution in [0.4, 0.5) is 0 Å². The Morgan fingerprint density at radius 2 is 2.21 bits per heavy atom. The molecule has 0 saturated heterocycles. The molecule has 0 aromatic carbocycles. The average Bonchev–Trinajstić information content (AvgIpc) is 2.17. The van der Waals surface area contributed by atoms with E-state index in [1.54, 1.807) is 0 Å². The lowest BCUT2D eigenvalue weighted by Crippen LogP contribution is -1.91. The molecule has 0 unspecified atom stereocenters. The predicted octanol–water partition coefficient (Wildman–Crippen LogP) is 2.54. The first-order valence-corrected chi connectivity index (χ1v) is 4.93. The van der Waals surface area contributed by atoms with Gasteiger partial charge >= 0.3 is 6.21 Å². The van der Waals surface area contributed by atoms with E-state index in [4.69, 9.17) is 5.53 Å². The lowest BCUT2D eigenvalue weighted by molar-refractivity contribution is -0.111. The van der Waals surface area contributed by atoms with E-state index in [0.29, 0.717) is 0 Å². The third-order valence-corrected chi connectivity index (χ3v) is 1.73. The molecule has 0 bridgehead atoms. The van der Waals surface area contributed by atoms with Crippen molar-refractivity contribution in [1.82, 2.24) is 0 Å². The number of hydrogen-bond donors (Lipinski definition) is 0. The maximum Gasteiger partial charge on any atom is 0.328 e. The zero-order chi connectivity index (χ0) is 10.6. The van der Waals surface area contributed by atoms with Gasteiger partial charge in [-0.25, -0.2) is 0 Å². The van der Waals surface area contributed by atoms with Gasteiger partial charge in [-0.05, 0) is 18.9 Å². The van der Waals surface area contributed by atoms with Crippen LogP contribution in [0.15, 0.2) is 17.9 Å². The van der Waals surface area contributed by atoms with Crippen molar-refractivity contribution in [1.29, 1.82) is 0 Å². The third-order valence-electron chi connectivity index (χ3n) is 1.73. The van der Waals surface area contributed by atoms with Crippen molar-refractivity contribution in [2.45, 2.75) is 39.0 Å². The monoisotopic (exact) mass is 192 g/mol. The molecule has 0 radical (unpaired) electrons. The van der Waals surface area contributed by atoms with Gasteiger partial charge < -0.3 is 5.53 Å². The van der Waals surface area contributed by atoms with Crippen molar-refractivity contribution in [3.63, 3.8) is 0 Å². The standard InChI is InChI=1S/C11H16N2O/c1-2-3-4-5-6-7-8-9-11(14)10-13-12/h7,9-10H,2-6H2,1H3. The second-order valence-corrected chi connectivity index (χ2v) is 3.01. The van der Waals surface area contributed by atoms with Crippen molar-refractivity contribution in [3.05, 3.63) is 23.4 Å². The highest BCUT2D eigenvalue weighted by atomic mass is 16.1. The molecule has 0 aliphatic rings. The number of allylic oxidation sites excluding steroid dienone is 1. The van der Waals surface area contributed by atoms with E-state index in [2.05, 4.69) is 17.4 Å². The van der Waals surface area contributed by atoms with Crippen LogP contribution in [0.2, 0.25) is 0 Å². The molecule has 3 nitrogen and oxygen atoms in total. The minimum atomic E-state index is -0.350. The Kier molecular flexibility index (Phi) is 8.67. The summed E-state index contributed by atoms with van der Waals surface area (Å²) in [7, 11) is 0. The summed E-state index contributed by atoms with van der Waals surface area (Å²) in [6.07, 6.45) is 9.73. The fraction of sp³-hybridized carbons (Fsp3) is 0.545. The Morgan fingerprint density at radius 3 is 2.86 bits per heavy atom. The van der Waals surface area contributed by atoms with Crippen LogP contribution in [0.1, 0.15) is 39.0 Å². The van der Waals surface area contributed by atoms with E-state index in [-0.39, 0.29) is 5.78 Å². The zero-order valence-electron chi connectivity index (χ0n) is 8.57. The molecule has 0 fully saturated rings. The first-order valence-electron chi connectivity index (χ1n) is 4.93. The van der Waals surface area contributed by atoms with Gasteiger partial charge in [0.05, 0.1) is 0 Å². The summed E-state index contributed by atoms with van der Waals surface area (Å²) in [6, 6.07) is 0. The molecule has 0 rings (SSSR count). The van der Waals surface area contributed by atoms with E-state index in [9.17, 15) is 4.79 Å². The van der Waals surface area contributed by atoms with Gasteiger partial charge in [-0.2, -0.15) is 4.79 Å². The van der Waals surface area contributed by atoms with E-state index in [1.807, 2.05) is 6.08 Å². The van der Waals surface area contributed by atoms with Gasteiger partial charge in [-0.3, -0.25) is 4.79 Å². The van der Waals surface area contributed by atoms with Crippen LogP contribution in [0.25, 0.3) is 5.53 Å². The number of hydrogen-bond acceptors (Lipinski definition) is 1. The largest absolute Gasteiger partial charge is 0.361 e. The first-order chi connectivity index (χ1) is 6.81. The zero-order valence-corrected chi connectivity index (χ0v) is 8.57. The first kappa shape index (κ1) is 12.6. The summed E-state index contributed by atoms with van der Waals surface area (Å²) in [4.78, 5) is 13.3. The summed E-state index contributed by atoms with van der Waals surface area (Å²) < 4.78 is 0. The topological polar surface area (TPSA) is 53.5 Å². The number of ketones is 1. The number of carbonyl (C=O) groups excluding carboxylic acids is 1. The molecule has 0 aromatic rings. The third kappa shape index (κ3) is 8.66. The highest BCUT2D eigenvalue weighted by molar-refractivity contribution is 6.30. The normalized spacial score (nSPS) is 8.36. The van der Waals surface area contributed by atoms with Crippen LogP contribution >= 0.6 is 0 Å². The quantitative estimate of drug-likeness (QED) is 0.153. The molecule has 0 atom stereocenters. The van der Waals surface area contributed by atoms with Crippen LogP contribution in [-0.4, -0.2) is 16.8 Å². The molecule has 3 heteroatoms. The molecule has 0 aromatic heterocycles.